The molecule has 0 radical (unpaired) electrons. The molecule has 0 saturated heterocycles. The Morgan fingerprint density at radius 3 is 2.43 bits per heavy atom. The van der Waals surface area contributed by atoms with Crippen molar-refractivity contribution in [1.29, 1.82) is 0 Å². The summed E-state index contributed by atoms with van der Waals surface area (Å²) in [7, 11) is -3.71. The fourth-order valence-electron chi connectivity index (χ4n) is 1.36. The number of thiazole rings is 1. The van der Waals surface area contributed by atoms with E-state index in [9.17, 15) is 13.2 Å². The molecular weight excluding hydrogens is 357 g/mol. The molecule has 1 aromatic heterocycles. The van der Waals surface area contributed by atoms with Crippen LogP contribution in [-0.2, 0) is 14.8 Å². The molecule has 6 nitrogen and oxygen atoms in total. The Morgan fingerprint density at radius 1 is 1.24 bits per heavy atom. The van der Waals surface area contributed by atoms with Crippen LogP contribution in [0.3, 0.4) is 0 Å². The van der Waals surface area contributed by atoms with Crippen molar-refractivity contribution in [3.05, 3.63) is 35.8 Å². The monoisotopic (exact) mass is 365 g/mol. The summed E-state index contributed by atoms with van der Waals surface area (Å²) in [5.41, 5.74) is 0.388. The van der Waals surface area contributed by atoms with Gasteiger partial charge >= 0.3 is 0 Å². The molecule has 0 unspecified atom stereocenters. The predicted octanol–water partition coefficient (Wildman–Crippen LogP) is 2.69. The molecule has 0 aliphatic rings. The van der Waals surface area contributed by atoms with E-state index in [2.05, 4.69) is 15.0 Å². The second-order valence-corrected chi connectivity index (χ2v) is 7.43. The van der Waals surface area contributed by atoms with Crippen molar-refractivity contribution >= 4 is 61.3 Å². The summed E-state index contributed by atoms with van der Waals surface area (Å²) in [6, 6.07) is 5.57. The fraction of sp³-hybridized carbons (Fsp3) is 0.0909. The van der Waals surface area contributed by atoms with Crippen LogP contribution in [0.4, 0.5) is 10.8 Å². The molecule has 21 heavy (non-hydrogen) atoms. The number of sulfonamides is 1. The molecule has 0 aliphatic carbocycles. The van der Waals surface area contributed by atoms with E-state index in [1.807, 2.05) is 0 Å². The normalized spacial score (nSPS) is 11.4. The number of nitrogens with zero attached hydrogens (tertiary/aromatic N) is 1. The summed E-state index contributed by atoms with van der Waals surface area (Å²) < 4.78 is 26.5. The number of amides is 1. The zero-order valence-corrected chi connectivity index (χ0v) is 13.4. The first kappa shape index (κ1) is 16.0. The first-order chi connectivity index (χ1) is 9.88. The molecule has 10 heteroatoms. The van der Waals surface area contributed by atoms with E-state index in [0.717, 1.165) is 0 Å². The van der Waals surface area contributed by atoms with E-state index >= 15 is 0 Å². The van der Waals surface area contributed by atoms with Crippen molar-refractivity contribution in [1.82, 2.24) is 4.98 Å². The third-order valence-electron chi connectivity index (χ3n) is 2.28. The highest BCUT2D eigenvalue weighted by molar-refractivity contribution is 7.93. The maximum atomic E-state index is 12.1. The molecule has 1 aromatic carbocycles. The molecule has 0 spiro atoms. The van der Waals surface area contributed by atoms with E-state index < -0.39 is 20.8 Å². The Hall–Kier alpha value is -1.35. The number of carbonyl (C=O) groups is 1. The number of halogens is 2. The van der Waals surface area contributed by atoms with E-state index in [-0.39, 0.29) is 10.0 Å². The lowest BCUT2D eigenvalue weighted by molar-refractivity contribution is -0.114. The lowest BCUT2D eigenvalue weighted by Crippen LogP contribution is -2.18. The van der Waals surface area contributed by atoms with Gasteiger partial charge in [0.15, 0.2) is 9.97 Å². The Kier molecular flexibility index (Phi) is 5.04. The Bertz CT molecular complexity index is 716. The minimum Gasteiger partial charge on any atom is -0.324 e. The minimum absolute atomic E-state index is 0.0454. The molecule has 1 amide bonds. The largest absolute Gasteiger partial charge is 0.324 e. The number of aromatic nitrogens is 1. The smallest absolute Gasteiger partial charge is 0.263 e. The van der Waals surface area contributed by atoms with Crippen molar-refractivity contribution < 1.29 is 13.2 Å². The van der Waals surface area contributed by atoms with Crippen LogP contribution in [0.25, 0.3) is 0 Å². The van der Waals surface area contributed by atoms with Crippen LogP contribution in [-0.4, -0.2) is 24.1 Å². The number of rotatable bonds is 5. The second-order valence-electron chi connectivity index (χ2n) is 3.76. The summed E-state index contributed by atoms with van der Waals surface area (Å²) in [6.07, 6.45) is 1.50. The lowest BCUT2D eigenvalue weighted by Gasteiger charge is -2.08. The van der Waals surface area contributed by atoms with Gasteiger partial charge in [-0.05, 0) is 24.3 Å². The second kappa shape index (κ2) is 6.61. The summed E-state index contributed by atoms with van der Waals surface area (Å²) in [4.78, 5) is 14.0. The first-order valence-electron chi connectivity index (χ1n) is 5.50. The van der Waals surface area contributed by atoms with Gasteiger partial charge in [0.1, 0.15) is 0 Å². The Morgan fingerprint density at radius 2 is 1.90 bits per heavy atom. The molecule has 0 bridgehead atoms. The van der Waals surface area contributed by atoms with E-state index in [1.54, 1.807) is 5.38 Å². The average molecular weight is 366 g/mol. The summed E-state index contributed by atoms with van der Waals surface area (Å²) in [6.45, 7) is 0. The van der Waals surface area contributed by atoms with Crippen LogP contribution in [0, 0.1) is 0 Å². The molecule has 2 rings (SSSR count). The zero-order valence-electron chi connectivity index (χ0n) is 10.3. The number of carbonyl (C=O) groups excluding carboxylic acids is 1. The third-order valence-corrected chi connectivity index (χ3v) is 4.85. The number of anilines is 2. The van der Waals surface area contributed by atoms with Crippen LogP contribution in [0.1, 0.15) is 0 Å². The van der Waals surface area contributed by atoms with Crippen molar-refractivity contribution in [3.8, 4) is 0 Å². The van der Waals surface area contributed by atoms with Crippen LogP contribution in [0.15, 0.2) is 40.7 Å². The first-order valence-corrected chi connectivity index (χ1v) is 8.73. The quantitative estimate of drug-likeness (QED) is 0.797. The van der Waals surface area contributed by atoms with Gasteiger partial charge in [0.05, 0.1) is 4.90 Å². The Labute approximate surface area is 135 Å². The Balaban J connectivity index is 2.13. The number of alkyl halides is 2. The highest BCUT2D eigenvalue weighted by atomic mass is 35.5. The van der Waals surface area contributed by atoms with Gasteiger partial charge in [0.2, 0.25) is 0 Å². The highest BCUT2D eigenvalue weighted by Crippen LogP contribution is 2.20. The summed E-state index contributed by atoms with van der Waals surface area (Å²) in [5.74, 6) is -0.588. The molecule has 2 aromatic rings. The lowest BCUT2D eigenvalue weighted by atomic mass is 10.3. The fourth-order valence-corrected chi connectivity index (χ4v) is 3.26. The highest BCUT2D eigenvalue weighted by Gasteiger charge is 2.16. The van der Waals surface area contributed by atoms with Gasteiger partial charge < -0.3 is 5.32 Å². The molecular formula is C11H9Cl2N3O3S2. The van der Waals surface area contributed by atoms with E-state index in [1.165, 1.54) is 41.8 Å². The SMILES string of the molecule is O=C(Nc1ccc(S(=O)(=O)Nc2nccs2)cc1)C(Cl)Cl. The molecule has 1 heterocycles. The van der Waals surface area contributed by atoms with Crippen LogP contribution >= 0.6 is 34.5 Å². The maximum absolute atomic E-state index is 12.1. The third kappa shape index (κ3) is 4.31. The molecule has 0 fully saturated rings. The number of hydrogen-bond donors (Lipinski definition) is 2. The van der Waals surface area contributed by atoms with Gasteiger partial charge in [-0.25, -0.2) is 13.4 Å². The van der Waals surface area contributed by atoms with Crippen LogP contribution in [0.2, 0.25) is 0 Å². The molecule has 0 aliphatic heterocycles. The predicted molar refractivity (Wildman–Crippen MR) is 83.5 cm³/mol. The number of nitrogens with one attached hydrogen (secondary N) is 2. The topological polar surface area (TPSA) is 88.2 Å². The zero-order chi connectivity index (χ0) is 15.5. The van der Waals surface area contributed by atoms with Crippen molar-refractivity contribution in [2.45, 2.75) is 9.73 Å². The van der Waals surface area contributed by atoms with Gasteiger partial charge in [0.25, 0.3) is 15.9 Å². The van der Waals surface area contributed by atoms with Gasteiger partial charge in [0, 0.05) is 17.3 Å². The molecule has 0 atom stereocenters. The standard InChI is InChI=1S/C11H9Cl2N3O3S2/c12-9(13)10(17)15-7-1-3-8(4-2-7)21(18,19)16-11-14-5-6-20-11/h1-6,9H,(H,14,16)(H,15,17). The van der Waals surface area contributed by atoms with Crippen LogP contribution < -0.4 is 10.0 Å². The van der Waals surface area contributed by atoms with E-state index in [0.29, 0.717) is 5.69 Å². The van der Waals surface area contributed by atoms with E-state index in [4.69, 9.17) is 23.2 Å². The summed E-state index contributed by atoms with van der Waals surface area (Å²) in [5, 5.41) is 4.37. The molecule has 2 N–H and O–H groups in total. The maximum Gasteiger partial charge on any atom is 0.263 e. The van der Waals surface area contributed by atoms with Gasteiger partial charge in [-0.1, -0.05) is 23.2 Å². The van der Waals surface area contributed by atoms with Gasteiger partial charge in [-0.3, -0.25) is 9.52 Å². The average Bonchev–Trinajstić information content (AvgIpc) is 2.91. The van der Waals surface area contributed by atoms with Crippen LogP contribution in [0.5, 0.6) is 0 Å². The minimum atomic E-state index is -3.71. The number of benzene rings is 1. The van der Waals surface area contributed by atoms with Gasteiger partial charge in [-0.2, -0.15) is 0 Å². The van der Waals surface area contributed by atoms with Crippen molar-refractivity contribution in [3.63, 3.8) is 0 Å². The molecule has 112 valence electrons. The molecule has 0 saturated carbocycles. The van der Waals surface area contributed by atoms with Crippen molar-refractivity contribution in [2.75, 3.05) is 10.0 Å². The number of hydrogen-bond acceptors (Lipinski definition) is 5. The van der Waals surface area contributed by atoms with Crippen molar-refractivity contribution in [2.24, 2.45) is 0 Å². The summed E-state index contributed by atoms with van der Waals surface area (Å²) >= 11 is 12.0. The van der Waals surface area contributed by atoms with Gasteiger partial charge in [-0.15, -0.1) is 11.3 Å².